The molecule has 0 radical (unpaired) electrons. The fourth-order valence-electron chi connectivity index (χ4n) is 1.53. The highest BCUT2D eigenvalue weighted by atomic mass is 19.1. The van der Waals surface area contributed by atoms with E-state index in [0.29, 0.717) is 18.6 Å². The molecule has 0 bridgehead atoms. The van der Waals surface area contributed by atoms with E-state index in [-0.39, 0.29) is 5.82 Å². The second-order valence-corrected chi connectivity index (χ2v) is 3.93. The summed E-state index contributed by atoms with van der Waals surface area (Å²) in [5.41, 5.74) is -1.56. The first-order valence-electron chi connectivity index (χ1n) is 5.59. The van der Waals surface area contributed by atoms with Gasteiger partial charge in [-0.05, 0) is 12.5 Å². The van der Waals surface area contributed by atoms with Crippen LogP contribution >= 0.6 is 0 Å². The van der Waals surface area contributed by atoms with E-state index in [9.17, 15) is 24.0 Å². The number of hydrogen-bond donors (Lipinski definition) is 1. The lowest BCUT2D eigenvalue weighted by Gasteiger charge is -2.00. The van der Waals surface area contributed by atoms with Crippen molar-refractivity contribution in [1.82, 2.24) is 10.1 Å². The summed E-state index contributed by atoms with van der Waals surface area (Å²) < 4.78 is 31.9. The number of nitro benzene ring substituents is 1. The van der Waals surface area contributed by atoms with E-state index >= 15 is 0 Å². The fraction of sp³-hybridized carbons (Fsp3) is 0.273. The molecule has 9 heteroatoms. The fourth-order valence-corrected chi connectivity index (χ4v) is 1.53. The van der Waals surface area contributed by atoms with Gasteiger partial charge in [-0.1, -0.05) is 12.1 Å². The predicted octanol–water partition coefficient (Wildman–Crippen LogP) is 2.37. The molecule has 1 aromatic heterocycles. The Kier molecular flexibility index (Phi) is 3.70. The SMILES string of the molecule is CCC(O)c1noc(-c2cc(F)cc([N+](=O)[O-])c2F)n1. The number of aromatic nitrogens is 2. The van der Waals surface area contributed by atoms with Crippen molar-refractivity contribution >= 4 is 5.69 Å². The van der Waals surface area contributed by atoms with Crippen LogP contribution in [-0.2, 0) is 0 Å². The zero-order chi connectivity index (χ0) is 14.9. The minimum absolute atomic E-state index is 0.103. The maximum atomic E-state index is 13.9. The predicted molar refractivity (Wildman–Crippen MR) is 61.6 cm³/mol. The Labute approximate surface area is 111 Å². The van der Waals surface area contributed by atoms with Crippen molar-refractivity contribution in [3.63, 3.8) is 0 Å². The second kappa shape index (κ2) is 5.29. The Morgan fingerprint density at radius 2 is 2.20 bits per heavy atom. The largest absolute Gasteiger partial charge is 0.385 e. The molecule has 1 atom stereocenters. The van der Waals surface area contributed by atoms with Crippen LogP contribution in [0.5, 0.6) is 0 Å². The lowest BCUT2D eigenvalue weighted by Crippen LogP contribution is -1.99. The molecule has 1 N–H and O–H groups in total. The van der Waals surface area contributed by atoms with Gasteiger partial charge >= 0.3 is 5.69 Å². The molecular formula is C11H9F2N3O4. The molecule has 0 saturated heterocycles. The maximum absolute atomic E-state index is 13.9. The van der Waals surface area contributed by atoms with Crippen LogP contribution in [0, 0.1) is 21.7 Å². The van der Waals surface area contributed by atoms with Crippen LogP contribution in [0.1, 0.15) is 25.3 Å². The topological polar surface area (TPSA) is 102 Å². The molecule has 20 heavy (non-hydrogen) atoms. The van der Waals surface area contributed by atoms with Crippen LogP contribution in [0.25, 0.3) is 11.5 Å². The molecule has 0 aliphatic heterocycles. The van der Waals surface area contributed by atoms with Crippen LogP contribution < -0.4 is 0 Å². The summed E-state index contributed by atoms with van der Waals surface area (Å²) in [6.07, 6.45) is -0.718. The first-order chi connectivity index (χ1) is 9.43. The Morgan fingerprint density at radius 1 is 1.50 bits per heavy atom. The van der Waals surface area contributed by atoms with E-state index in [0.717, 1.165) is 0 Å². The van der Waals surface area contributed by atoms with Crippen LogP contribution in [0.15, 0.2) is 16.7 Å². The van der Waals surface area contributed by atoms with E-state index in [2.05, 4.69) is 10.1 Å². The van der Waals surface area contributed by atoms with Crippen molar-refractivity contribution in [1.29, 1.82) is 0 Å². The van der Waals surface area contributed by atoms with Crippen molar-refractivity contribution in [2.45, 2.75) is 19.4 Å². The molecule has 0 aliphatic rings. The van der Waals surface area contributed by atoms with E-state index in [4.69, 9.17) is 4.52 Å². The molecule has 1 unspecified atom stereocenters. The average Bonchev–Trinajstić information content (AvgIpc) is 2.89. The third-order valence-corrected chi connectivity index (χ3v) is 2.57. The molecule has 0 aliphatic carbocycles. The lowest BCUT2D eigenvalue weighted by atomic mass is 10.1. The number of aliphatic hydroxyl groups is 1. The average molecular weight is 285 g/mol. The lowest BCUT2D eigenvalue weighted by molar-refractivity contribution is -0.387. The van der Waals surface area contributed by atoms with E-state index in [1.807, 2.05) is 0 Å². The van der Waals surface area contributed by atoms with Gasteiger partial charge in [-0.3, -0.25) is 10.1 Å². The van der Waals surface area contributed by atoms with Gasteiger partial charge in [0, 0.05) is 0 Å². The van der Waals surface area contributed by atoms with Gasteiger partial charge in [-0.2, -0.15) is 9.37 Å². The summed E-state index contributed by atoms with van der Waals surface area (Å²) in [6, 6.07) is 1.16. The van der Waals surface area contributed by atoms with Gasteiger partial charge in [-0.15, -0.1) is 0 Å². The maximum Gasteiger partial charge on any atom is 0.308 e. The Bertz CT molecular complexity index is 659. The van der Waals surface area contributed by atoms with Gasteiger partial charge < -0.3 is 9.63 Å². The molecule has 0 amide bonds. The number of nitro groups is 1. The highest BCUT2D eigenvalue weighted by molar-refractivity contribution is 5.59. The van der Waals surface area contributed by atoms with Gasteiger partial charge in [0.15, 0.2) is 0 Å². The summed E-state index contributed by atoms with van der Waals surface area (Å²) in [7, 11) is 0. The van der Waals surface area contributed by atoms with Crippen molar-refractivity contribution in [2.24, 2.45) is 0 Å². The van der Waals surface area contributed by atoms with Crippen LogP contribution in [-0.4, -0.2) is 20.2 Å². The summed E-state index contributed by atoms with van der Waals surface area (Å²) in [5, 5.41) is 23.5. The molecule has 0 saturated carbocycles. The zero-order valence-electron chi connectivity index (χ0n) is 10.2. The Balaban J connectivity index is 2.52. The molecule has 1 aromatic carbocycles. The quantitative estimate of drug-likeness (QED) is 0.683. The normalized spacial score (nSPS) is 12.4. The number of rotatable bonds is 4. The first-order valence-corrected chi connectivity index (χ1v) is 5.59. The monoisotopic (exact) mass is 285 g/mol. The van der Waals surface area contributed by atoms with Crippen LogP contribution in [0.4, 0.5) is 14.5 Å². The summed E-state index contributed by atoms with van der Waals surface area (Å²) in [5.74, 6) is -2.83. The zero-order valence-corrected chi connectivity index (χ0v) is 10.2. The van der Waals surface area contributed by atoms with E-state index in [1.54, 1.807) is 6.92 Å². The molecule has 0 spiro atoms. The minimum atomic E-state index is -1.28. The minimum Gasteiger partial charge on any atom is -0.385 e. The molecule has 0 fully saturated rings. The summed E-state index contributed by atoms with van der Waals surface area (Å²) >= 11 is 0. The molecule has 106 valence electrons. The van der Waals surface area contributed by atoms with Gasteiger partial charge in [0.2, 0.25) is 11.6 Å². The van der Waals surface area contributed by atoms with Crippen molar-refractivity contribution in [2.75, 3.05) is 0 Å². The summed E-state index contributed by atoms with van der Waals surface area (Å²) in [4.78, 5) is 13.3. The van der Waals surface area contributed by atoms with Crippen molar-refractivity contribution in [3.8, 4) is 11.5 Å². The van der Waals surface area contributed by atoms with Gasteiger partial charge in [0.1, 0.15) is 11.9 Å². The van der Waals surface area contributed by atoms with Gasteiger partial charge in [0.05, 0.1) is 16.6 Å². The Morgan fingerprint density at radius 3 is 2.80 bits per heavy atom. The number of hydrogen-bond acceptors (Lipinski definition) is 6. The number of benzene rings is 1. The van der Waals surface area contributed by atoms with E-state index in [1.165, 1.54) is 0 Å². The molecule has 1 heterocycles. The third kappa shape index (κ3) is 2.48. The Hall–Kier alpha value is -2.42. The smallest absolute Gasteiger partial charge is 0.308 e. The first kappa shape index (κ1) is 14.0. The van der Waals surface area contributed by atoms with E-state index < -0.39 is 39.8 Å². The highest BCUT2D eigenvalue weighted by Gasteiger charge is 2.25. The van der Waals surface area contributed by atoms with Crippen molar-refractivity contribution < 1.29 is 23.3 Å². The van der Waals surface area contributed by atoms with Gasteiger partial charge in [-0.25, -0.2) is 4.39 Å². The molecule has 2 aromatic rings. The number of nitrogens with zero attached hydrogens (tertiary/aromatic N) is 3. The van der Waals surface area contributed by atoms with Gasteiger partial charge in [0.25, 0.3) is 5.89 Å². The second-order valence-electron chi connectivity index (χ2n) is 3.93. The standard InChI is InChI=1S/C11H9F2N3O4/c1-2-8(17)10-14-11(20-15-10)6-3-5(12)4-7(9(6)13)16(18)19/h3-4,8,17H,2H2,1H3. The molecule has 7 nitrogen and oxygen atoms in total. The third-order valence-electron chi connectivity index (χ3n) is 2.57. The van der Waals surface area contributed by atoms with Crippen LogP contribution in [0.3, 0.4) is 0 Å². The number of aliphatic hydroxyl groups excluding tert-OH is 1. The highest BCUT2D eigenvalue weighted by Crippen LogP contribution is 2.30. The molecular weight excluding hydrogens is 276 g/mol. The van der Waals surface area contributed by atoms with Crippen LogP contribution in [0.2, 0.25) is 0 Å². The molecule has 2 rings (SSSR count). The van der Waals surface area contributed by atoms with Crippen molar-refractivity contribution in [3.05, 3.63) is 39.7 Å². The number of halogens is 2. The summed E-state index contributed by atoms with van der Waals surface area (Å²) in [6.45, 7) is 1.66.